The number of hydrogen-bond acceptors (Lipinski definition) is 4. The number of carbonyl (C=O) groups is 1. The fourth-order valence-corrected chi connectivity index (χ4v) is 3.46. The van der Waals surface area contributed by atoms with E-state index in [0.29, 0.717) is 11.3 Å². The summed E-state index contributed by atoms with van der Waals surface area (Å²) in [6.45, 7) is 3.10. The van der Waals surface area contributed by atoms with Gasteiger partial charge in [-0.05, 0) is 38.1 Å². The third-order valence-electron chi connectivity index (χ3n) is 4.94. The number of rotatable bonds is 5. The van der Waals surface area contributed by atoms with Crippen LogP contribution < -0.4 is 5.43 Å². The van der Waals surface area contributed by atoms with Gasteiger partial charge in [-0.15, -0.1) is 0 Å². The number of carbonyl (C=O) groups excluding carboxylic acids is 1. The van der Waals surface area contributed by atoms with Crippen LogP contribution in [0.15, 0.2) is 59.7 Å². The number of aromatic nitrogens is 4. The minimum atomic E-state index is -4.69. The number of nitrogens with zero attached hydrogens (tertiary/aromatic N) is 5. The van der Waals surface area contributed by atoms with Crippen molar-refractivity contribution in [2.75, 3.05) is 0 Å². The van der Waals surface area contributed by atoms with Gasteiger partial charge in [-0.25, -0.2) is 15.1 Å². The van der Waals surface area contributed by atoms with Crippen LogP contribution in [0.5, 0.6) is 0 Å². The van der Waals surface area contributed by atoms with Crippen LogP contribution in [0.2, 0.25) is 0 Å². The molecule has 1 N–H and O–H groups in total. The monoisotopic (exact) mass is 440 g/mol. The smallest absolute Gasteiger partial charge is 0.311 e. The number of fused-ring (bicyclic) bond motifs is 1. The predicted octanol–water partition coefficient (Wildman–Crippen LogP) is 4.01. The molecule has 0 atom stereocenters. The quantitative estimate of drug-likeness (QED) is 0.376. The van der Waals surface area contributed by atoms with Gasteiger partial charge in [0.25, 0.3) is 5.91 Å². The maximum absolute atomic E-state index is 13.4. The minimum Gasteiger partial charge on any atom is -0.311 e. The molecule has 2 aromatic carbocycles. The van der Waals surface area contributed by atoms with Crippen LogP contribution in [0, 0.1) is 13.8 Å². The van der Waals surface area contributed by atoms with Gasteiger partial charge in [0, 0.05) is 5.56 Å². The van der Waals surface area contributed by atoms with Crippen LogP contribution in [-0.2, 0) is 17.5 Å². The normalized spacial score (nSPS) is 12.0. The van der Waals surface area contributed by atoms with Crippen LogP contribution >= 0.6 is 0 Å². The fraction of sp³-hybridized carbons (Fsp3) is 0.182. The Morgan fingerprint density at radius 1 is 1.09 bits per heavy atom. The molecule has 32 heavy (non-hydrogen) atoms. The Morgan fingerprint density at radius 3 is 2.50 bits per heavy atom. The van der Waals surface area contributed by atoms with E-state index in [4.69, 9.17) is 0 Å². The summed E-state index contributed by atoms with van der Waals surface area (Å²) in [6.07, 6.45) is -3.26. The first-order chi connectivity index (χ1) is 15.3. The molecule has 0 radical (unpaired) electrons. The van der Waals surface area contributed by atoms with Gasteiger partial charge in [0.2, 0.25) is 5.82 Å². The summed E-state index contributed by atoms with van der Waals surface area (Å²) < 4.78 is 42.8. The van der Waals surface area contributed by atoms with Crippen LogP contribution in [0.25, 0.3) is 16.7 Å². The molecule has 0 unspecified atom stereocenters. The molecule has 0 spiro atoms. The van der Waals surface area contributed by atoms with Gasteiger partial charge in [0.15, 0.2) is 0 Å². The molecular weight excluding hydrogens is 421 g/mol. The number of para-hydroxylation sites is 3. The van der Waals surface area contributed by atoms with Crippen molar-refractivity contribution in [3.8, 4) is 5.69 Å². The summed E-state index contributed by atoms with van der Waals surface area (Å²) in [6, 6.07) is 15.7. The third-order valence-corrected chi connectivity index (χ3v) is 4.94. The lowest BCUT2D eigenvalue weighted by Crippen LogP contribution is -2.26. The third kappa shape index (κ3) is 4.11. The van der Waals surface area contributed by atoms with Crippen molar-refractivity contribution < 1.29 is 18.0 Å². The first-order valence-corrected chi connectivity index (χ1v) is 9.71. The van der Waals surface area contributed by atoms with Gasteiger partial charge in [0.05, 0.1) is 34.3 Å². The number of halogens is 3. The maximum Gasteiger partial charge on any atom is 0.449 e. The van der Waals surface area contributed by atoms with E-state index in [-0.39, 0.29) is 11.0 Å². The Balaban J connectivity index is 1.53. The lowest BCUT2D eigenvalue weighted by molar-refractivity contribution is -0.147. The Labute approximate surface area is 181 Å². The van der Waals surface area contributed by atoms with Gasteiger partial charge in [-0.2, -0.15) is 23.4 Å². The summed E-state index contributed by atoms with van der Waals surface area (Å²) in [4.78, 5) is 16.0. The van der Waals surface area contributed by atoms with Crippen LogP contribution in [-0.4, -0.2) is 31.5 Å². The minimum absolute atomic E-state index is 0.163. The topological polar surface area (TPSA) is 77.1 Å². The van der Waals surface area contributed by atoms with Gasteiger partial charge in [-0.1, -0.05) is 30.3 Å². The van der Waals surface area contributed by atoms with Crippen LogP contribution in [0.4, 0.5) is 13.2 Å². The highest BCUT2D eigenvalue weighted by Crippen LogP contribution is 2.31. The van der Waals surface area contributed by atoms with Gasteiger partial charge >= 0.3 is 6.18 Å². The van der Waals surface area contributed by atoms with E-state index in [1.165, 1.54) is 18.3 Å². The number of alkyl halides is 3. The number of imidazole rings is 1. The van der Waals surface area contributed by atoms with Gasteiger partial charge < -0.3 is 4.57 Å². The lowest BCUT2D eigenvalue weighted by Gasteiger charge is -2.10. The Hall–Kier alpha value is -3.95. The summed E-state index contributed by atoms with van der Waals surface area (Å²) in [5.74, 6) is -1.84. The number of hydrogen-bond donors (Lipinski definition) is 1. The molecule has 0 bridgehead atoms. The van der Waals surface area contributed by atoms with E-state index >= 15 is 0 Å². The molecule has 7 nitrogen and oxygen atoms in total. The molecule has 4 rings (SSSR count). The first kappa shape index (κ1) is 21.3. The first-order valence-electron chi connectivity index (χ1n) is 9.71. The summed E-state index contributed by atoms with van der Waals surface area (Å²) in [5, 5.41) is 8.42. The fourth-order valence-electron chi connectivity index (χ4n) is 3.46. The predicted molar refractivity (Wildman–Crippen MR) is 114 cm³/mol. The molecule has 10 heteroatoms. The van der Waals surface area contributed by atoms with E-state index in [1.54, 1.807) is 16.8 Å². The summed E-state index contributed by atoms with van der Waals surface area (Å²) >= 11 is 0. The second-order valence-corrected chi connectivity index (χ2v) is 7.13. The molecule has 0 saturated heterocycles. The standard InChI is InChI=1S/C22H19F3N6O/c1-14-17(15(2)31(29-14)16-8-4-3-5-9-16)12-26-28-20(32)13-30-19-11-7-6-10-18(19)27-21(30)22(23,24)25/h3-12H,13H2,1-2H3,(H,28,32)/b26-12+. The molecule has 1 amide bonds. The van der Waals surface area contributed by atoms with E-state index in [1.807, 2.05) is 44.2 Å². The molecule has 4 aromatic rings. The molecule has 164 valence electrons. The zero-order valence-corrected chi connectivity index (χ0v) is 17.3. The van der Waals surface area contributed by atoms with Crippen molar-refractivity contribution >= 4 is 23.2 Å². The second-order valence-electron chi connectivity index (χ2n) is 7.13. The Kier molecular flexibility index (Phi) is 5.52. The molecule has 2 aromatic heterocycles. The molecule has 0 aliphatic heterocycles. The van der Waals surface area contributed by atoms with Crippen LogP contribution in [0.1, 0.15) is 22.8 Å². The number of benzene rings is 2. The van der Waals surface area contributed by atoms with Crippen molar-refractivity contribution in [2.45, 2.75) is 26.6 Å². The Bertz CT molecular complexity index is 1300. The highest BCUT2D eigenvalue weighted by Gasteiger charge is 2.38. The largest absolute Gasteiger partial charge is 0.449 e. The second kappa shape index (κ2) is 8.29. The molecule has 0 fully saturated rings. The zero-order valence-electron chi connectivity index (χ0n) is 17.3. The van der Waals surface area contributed by atoms with Crippen molar-refractivity contribution in [2.24, 2.45) is 5.10 Å². The van der Waals surface area contributed by atoms with Crippen LogP contribution in [0.3, 0.4) is 0 Å². The van der Waals surface area contributed by atoms with Crippen molar-refractivity contribution in [1.82, 2.24) is 24.8 Å². The number of nitrogens with one attached hydrogen (secondary N) is 1. The highest BCUT2D eigenvalue weighted by molar-refractivity contribution is 5.85. The summed E-state index contributed by atoms with van der Waals surface area (Å²) in [5.41, 5.74) is 5.77. The molecule has 0 aliphatic rings. The van der Waals surface area contributed by atoms with E-state index in [9.17, 15) is 18.0 Å². The lowest BCUT2D eigenvalue weighted by atomic mass is 10.2. The Morgan fingerprint density at radius 2 is 1.78 bits per heavy atom. The van der Waals surface area contributed by atoms with Crippen molar-refractivity contribution in [1.29, 1.82) is 0 Å². The highest BCUT2D eigenvalue weighted by atomic mass is 19.4. The van der Waals surface area contributed by atoms with E-state index in [2.05, 4.69) is 20.6 Å². The van der Waals surface area contributed by atoms with Crippen molar-refractivity contribution in [3.63, 3.8) is 0 Å². The van der Waals surface area contributed by atoms with E-state index < -0.39 is 24.5 Å². The summed E-state index contributed by atoms with van der Waals surface area (Å²) in [7, 11) is 0. The maximum atomic E-state index is 13.4. The average Bonchev–Trinajstić information content (AvgIpc) is 3.27. The molecule has 0 aliphatic carbocycles. The zero-order chi connectivity index (χ0) is 22.9. The molecule has 2 heterocycles. The number of amides is 1. The van der Waals surface area contributed by atoms with Gasteiger partial charge in [0.1, 0.15) is 6.54 Å². The van der Waals surface area contributed by atoms with Crippen molar-refractivity contribution in [3.05, 3.63) is 77.4 Å². The number of hydrazone groups is 1. The van der Waals surface area contributed by atoms with Gasteiger partial charge in [-0.3, -0.25) is 4.79 Å². The number of aryl methyl sites for hydroxylation is 1. The molecule has 0 saturated carbocycles. The van der Waals surface area contributed by atoms with E-state index in [0.717, 1.165) is 15.9 Å². The average molecular weight is 440 g/mol. The molecular formula is C22H19F3N6O. The SMILES string of the molecule is Cc1nn(-c2ccccc2)c(C)c1/C=N/NC(=O)Cn1c(C(F)(F)F)nc2ccccc21.